The van der Waals surface area contributed by atoms with E-state index in [1.807, 2.05) is 0 Å². The lowest BCUT2D eigenvalue weighted by Gasteiger charge is -2.25. The quantitative estimate of drug-likeness (QED) is 0.629. The monoisotopic (exact) mass is 422 g/mol. The van der Waals surface area contributed by atoms with E-state index in [9.17, 15) is 19.1 Å². The van der Waals surface area contributed by atoms with Crippen molar-refractivity contribution in [2.75, 3.05) is 0 Å². The molecule has 6 heteroatoms. The minimum absolute atomic E-state index is 0.00822. The number of fused-ring (bicyclic) bond motifs is 3. The van der Waals surface area contributed by atoms with Crippen LogP contribution in [0.2, 0.25) is 0 Å². The van der Waals surface area contributed by atoms with Gasteiger partial charge in [0.25, 0.3) is 0 Å². The van der Waals surface area contributed by atoms with Crippen LogP contribution in [-0.2, 0) is 35.4 Å². The Kier molecular flexibility index (Phi) is 5.81. The van der Waals surface area contributed by atoms with E-state index >= 15 is 0 Å². The van der Waals surface area contributed by atoms with Crippen molar-refractivity contribution in [1.29, 1.82) is 0 Å². The predicted octanol–water partition coefficient (Wildman–Crippen LogP) is 4.09. The number of benzene rings is 2. The Hall–Kier alpha value is -3.15. The second kappa shape index (κ2) is 8.53. The number of amides is 1. The van der Waals surface area contributed by atoms with Gasteiger partial charge in [-0.3, -0.25) is 9.59 Å². The second-order valence-electron chi connectivity index (χ2n) is 8.50. The molecule has 1 amide bonds. The number of aryl methyl sites for hydroxylation is 3. The lowest BCUT2D eigenvalue weighted by atomic mass is 9.91. The first kappa shape index (κ1) is 21.1. The minimum atomic E-state index is -0.925. The van der Waals surface area contributed by atoms with Crippen LogP contribution in [0.1, 0.15) is 40.8 Å². The van der Waals surface area contributed by atoms with Crippen molar-refractivity contribution >= 4 is 22.8 Å². The van der Waals surface area contributed by atoms with E-state index in [1.54, 1.807) is 10.6 Å². The van der Waals surface area contributed by atoms with E-state index in [0.717, 1.165) is 28.6 Å². The van der Waals surface area contributed by atoms with Gasteiger partial charge in [-0.25, -0.2) is 4.39 Å². The third kappa shape index (κ3) is 4.48. The highest BCUT2D eigenvalue weighted by atomic mass is 19.1. The molecule has 162 valence electrons. The van der Waals surface area contributed by atoms with Gasteiger partial charge in [0.15, 0.2) is 0 Å². The SMILES string of the molecule is Cc1ccc(CCC(=O)NC2CCc3c(c4cc(F)ccc4n3CC(=O)O)C2)c(C)c1. The number of carboxylic acid groups (broad SMARTS) is 1. The summed E-state index contributed by atoms with van der Waals surface area (Å²) < 4.78 is 15.7. The zero-order valence-corrected chi connectivity index (χ0v) is 17.9. The number of rotatable bonds is 6. The summed E-state index contributed by atoms with van der Waals surface area (Å²) in [6, 6.07) is 10.7. The van der Waals surface area contributed by atoms with Crippen LogP contribution in [0.4, 0.5) is 4.39 Å². The molecular weight excluding hydrogens is 395 g/mol. The molecule has 1 aliphatic rings. The molecule has 4 rings (SSSR count). The molecule has 2 N–H and O–H groups in total. The molecule has 2 aromatic carbocycles. The van der Waals surface area contributed by atoms with E-state index in [4.69, 9.17) is 0 Å². The average Bonchev–Trinajstić information content (AvgIpc) is 2.99. The zero-order chi connectivity index (χ0) is 22.1. The van der Waals surface area contributed by atoms with Gasteiger partial charge in [-0.2, -0.15) is 0 Å². The molecule has 1 aromatic heterocycles. The van der Waals surface area contributed by atoms with E-state index < -0.39 is 5.97 Å². The molecule has 0 aliphatic heterocycles. The summed E-state index contributed by atoms with van der Waals surface area (Å²) in [7, 11) is 0. The van der Waals surface area contributed by atoms with Gasteiger partial charge in [-0.15, -0.1) is 0 Å². The molecule has 1 heterocycles. The van der Waals surface area contributed by atoms with Gasteiger partial charge in [0.05, 0.1) is 0 Å². The largest absolute Gasteiger partial charge is 0.480 e. The summed E-state index contributed by atoms with van der Waals surface area (Å²) in [6.07, 6.45) is 3.08. The number of halogens is 1. The molecule has 5 nitrogen and oxygen atoms in total. The van der Waals surface area contributed by atoms with Gasteiger partial charge in [0.1, 0.15) is 12.4 Å². The third-order valence-electron chi connectivity index (χ3n) is 6.21. The Bertz CT molecular complexity index is 1170. The number of carbonyl (C=O) groups excluding carboxylic acids is 1. The fourth-order valence-electron chi connectivity index (χ4n) is 4.74. The summed E-state index contributed by atoms with van der Waals surface area (Å²) in [5.74, 6) is -1.26. The van der Waals surface area contributed by atoms with Crippen molar-refractivity contribution in [1.82, 2.24) is 9.88 Å². The fraction of sp³-hybridized carbons (Fsp3) is 0.360. The van der Waals surface area contributed by atoms with Crippen LogP contribution in [-0.4, -0.2) is 27.6 Å². The first-order valence-corrected chi connectivity index (χ1v) is 10.7. The summed E-state index contributed by atoms with van der Waals surface area (Å²) in [6.45, 7) is 3.97. The Morgan fingerprint density at radius 1 is 1.19 bits per heavy atom. The highest BCUT2D eigenvalue weighted by molar-refractivity contribution is 5.87. The van der Waals surface area contributed by atoms with Crippen LogP contribution in [0.3, 0.4) is 0 Å². The van der Waals surface area contributed by atoms with E-state index in [-0.39, 0.29) is 24.3 Å². The van der Waals surface area contributed by atoms with Crippen LogP contribution in [0.5, 0.6) is 0 Å². The average molecular weight is 423 g/mol. The Balaban J connectivity index is 1.48. The number of hydrogen-bond acceptors (Lipinski definition) is 2. The fourth-order valence-corrected chi connectivity index (χ4v) is 4.74. The number of nitrogens with zero attached hydrogens (tertiary/aromatic N) is 1. The Labute approximate surface area is 180 Å². The topological polar surface area (TPSA) is 71.3 Å². The van der Waals surface area contributed by atoms with Crippen LogP contribution < -0.4 is 5.32 Å². The van der Waals surface area contributed by atoms with Gasteiger partial charge in [-0.05, 0) is 74.4 Å². The number of carbonyl (C=O) groups is 2. The zero-order valence-electron chi connectivity index (χ0n) is 17.9. The Morgan fingerprint density at radius 2 is 2.00 bits per heavy atom. The van der Waals surface area contributed by atoms with Crippen LogP contribution in [0.15, 0.2) is 36.4 Å². The number of hydrogen-bond donors (Lipinski definition) is 2. The normalized spacial score (nSPS) is 15.6. The maximum Gasteiger partial charge on any atom is 0.323 e. The predicted molar refractivity (Wildman–Crippen MR) is 118 cm³/mol. The van der Waals surface area contributed by atoms with Crippen molar-refractivity contribution in [2.45, 2.75) is 58.5 Å². The van der Waals surface area contributed by atoms with Gasteiger partial charge in [0.2, 0.25) is 5.91 Å². The van der Waals surface area contributed by atoms with Crippen molar-refractivity contribution in [3.8, 4) is 0 Å². The van der Waals surface area contributed by atoms with Crippen LogP contribution in [0, 0.1) is 19.7 Å². The molecule has 0 fully saturated rings. The highest BCUT2D eigenvalue weighted by Crippen LogP contribution is 2.33. The minimum Gasteiger partial charge on any atom is -0.480 e. The molecule has 1 aliphatic carbocycles. The number of aromatic nitrogens is 1. The van der Waals surface area contributed by atoms with Crippen molar-refractivity contribution < 1.29 is 19.1 Å². The number of aliphatic carboxylic acids is 1. The second-order valence-corrected chi connectivity index (χ2v) is 8.50. The molecule has 31 heavy (non-hydrogen) atoms. The van der Waals surface area contributed by atoms with Gasteiger partial charge in [-0.1, -0.05) is 23.8 Å². The first-order valence-electron chi connectivity index (χ1n) is 10.7. The van der Waals surface area contributed by atoms with Gasteiger partial charge >= 0.3 is 5.97 Å². The molecule has 0 saturated carbocycles. The number of nitrogens with one attached hydrogen (secondary N) is 1. The van der Waals surface area contributed by atoms with Gasteiger partial charge < -0.3 is 15.0 Å². The smallest absolute Gasteiger partial charge is 0.323 e. The molecular formula is C25H27FN2O3. The molecule has 0 saturated heterocycles. The molecule has 0 bridgehead atoms. The summed E-state index contributed by atoms with van der Waals surface area (Å²) in [5.41, 5.74) is 6.20. The standard InChI is InChI=1S/C25H27FN2O3/c1-15-3-4-17(16(2)11-15)5-10-24(29)27-19-7-9-23-21(13-19)20-12-18(26)6-8-22(20)28(23)14-25(30)31/h3-4,6,8,11-12,19H,5,7,9-10,13-14H2,1-2H3,(H,27,29)(H,30,31). The number of carboxylic acids is 1. The molecule has 1 unspecified atom stereocenters. The summed E-state index contributed by atoms with van der Waals surface area (Å²) in [5, 5.41) is 13.2. The van der Waals surface area contributed by atoms with E-state index in [2.05, 4.69) is 37.4 Å². The van der Waals surface area contributed by atoms with E-state index in [1.165, 1.54) is 28.8 Å². The van der Waals surface area contributed by atoms with E-state index in [0.29, 0.717) is 25.7 Å². The maximum absolute atomic E-state index is 13.9. The lowest BCUT2D eigenvalue weighted by molar-refractivity contribution is -0.137. The van der Waals surface area contributed by atoms with Crippen molar-refractivity contribution in [2.24, 2.45) is 0 Å². The highest BCUT2D eigenvalue weighted by Gasteiger charge is 2.27. The van der Waals surface area contributed by atoms with Crippen LogP contribution >= 0.6 is 0 Å². The summed E-state index contributed by atoms with van der Waals surface area (Å²) in [4.78, 5) is 23.9. The Morgan fingerprint density at radius 3 is 2.74 bits per heavy atom. The third-order valence-corrected chi connectivity index (χ3v) is 6.21. The molecule has 0 spiro atoms. The molecule has 0 radical (unpaired) electrons. The van der Waals surface area contributed by atoms with Crippen molar-refractivity contribution in [3.05, 3.63) is 70.2 Å². The maximum atomic E-state index is 13.9. The molecule has 3 aromatic rings. The summed E-state index contributed by atoms with van der Waals surface area (Å²) >= 11 is 0. The first-order chi connectivity index (χ1) is 14.8. The van der Waals surface area contributed by atoms with Crippen LogP contribution in [0.25, 0.3) is 10.9 Å². The molecule has 1 atom stereocenters. The lowest BCUT2D eigenvalue weighted by Crippen LogP contribution is -2.39. The van der Waals surface area contributed by atoms with Gasteiger partial charge in [0, 0.05) is 29.1 Å². The van der Waals surface area contributed by atoms with Crippen molar-refractivity contribution in [3.63, 3.8) is 0 Å².